The van der Waals surface area contributed by atoms with E-state index in [4.69, 9.17) is 4.42 Å². The third kappa shape index (κ3) is 8.88. The Morgan fingerprint density at radius 1 is 0.411 bits per heavy atom. The number of furan rings is 1. The molecule has 5 heteroatoms. The molecule has 15 rings (SSSR count). The fraction of sp³-hybridized carbons (Fsp3) is 0.365. The van der Waals surface area contributed by atoms with Gasteiger partial charge in [-0.2, -0.15) is 0 Å². The number of fused-ring (bicyclic) bond motifs is 10. The number of benzene rings is 9. The Bertz CT molecular complexity index is 4590. The predicted molar refractivity (Wildman–Crippen MR) is 387 cm³/mol. The molecule has 0 N–H and O–H groups in total. The van der Waals surface area contributed by atoms with Crippen LogP contribution in [0.1, 0.15) is 200 Å². The molecule has 9 aromatic carbocycles. The van der Waals surface area contributed by atoms with Crippen molar-refractivity contribution in [3.63, 3.8) is 0 Å². The first-order valence-electron chi connectivity index (χ1n) is 33.6. The SMILES string of the molecule is Cc1cc2c(cc1N1c3ccc(-c4cccc5oc6ccccc6c45)cc3B3c4cc5c(cc4N(c4ccc6c(c4)C(C)(C)CC6(C)C)c4cc(N(c6ccc(C(C)(C)C)cc6)c6ccc(C(C)(C)C)cc6)cc1c43)C(C)(C)CCC5(C)C)C(C)(C)CC2(C)C. The Hall–Kier alpha value is -7.76. The van der Waals surface area contributed by atoms with Crippen molar-refractivity contribution in [1.82, 2.24) is 0 Å². The van der Waals surface area contributed by atoms with Gasteiger partial charge < -0.3 is 19.1 Å². The number of nitrogens with zero attached hydrogens (tertiary/aromatic N) is 3. The van der Waals surface area contributed by atoms with Crippen molar-refractivity contribution in [2.45, 2.75) is 201 Å². The van der Waals surface area contributed by atoms with E-state index in [1.165, 1.54) is 112 Å². The van der Waals surface area contributed by atoms with Gasteiger partial charge in [0.05, 0.1) is 5.69 Å². The molecule has 456 valence electrons. The topological polar surface area (TPSA) is 22.9 Å². The Labute approximate surface area is 537 Å². The molecule has 0 amide bonds. The predicted octanol–water partition coefficient (Wildman–Crippen LogP) is 22.0. The summed E-state index contributed by atoms with van der Waals surface area (Å²) >= 11 is 0. The zero-order valence-electron chi connectivity index (χ0n) is 57.2. The maximum Gasteiger partial charge on any atom is 0.252 e. The Kier molecular flexibility index (Phi) is 12.5. The van der Waals surface area contributed by atoms with Crippen LogP contribution in [0, 0.1) is 6.92 Å². The molecule has 4 nitrogen and oxygen atoms in total. The van der Waals surface area contributed by atoms with E-state index >= 15 is 0 Å². The first-order chi connectivity index (χ1) is 42.2. The molecule has 10 aromatic rings. The molecular weight excluding hydrogens is 1090 g/mol. The van der Waals surface area contributed by atoms with E-state index in [9.17, 15) is 0 Å². The van der Waals surface area contributed by atoms with E-state index in [0.29, 0.717) is 0 Å². The van der Waals surface area contributed by atoms with Crippen molar-refractivity contribution in [3.05, 3.63) is 214 Å². The van der Waals surface area contributed by atoms with E-state index in [-0.39, 0.29) is 50.0 Å². The van der Waals surface area contributed by atoms with Crippen LogP contribution in [0.25, 0.3) is 33.1 Å². The van der Waals surface area contributed by atoms with Gasteiger partial charge in [-0.15, -0.1) is 0 Å². The van der Waals surface area contributed by atoms with Gasteiger partial charge in [-0.3, -0.25) is 0 Å². The largest absolute Gasteiger partial charge is 0.456 e. The summed E-state index contributed by atoms with van der Waals surface area (Å²) in [6.07, 6.45) is 4.45. The van der Waals surface area contributed by atoms with Gasteiger partial charge in [0.1, 0.15) is 11.2 Å². The number of anilines is 9. The molecule has 2 aliphatic heterocycles. The molecule has 0 radical (unpaired) electrons. The molecule has 0 atom stereocenters. The number of hydrogen-bond donors (Lipinski definition) is 0. The second kappa shape index (κ2) is 19.2. The van der Waals surface area contributed by atoms with E-state index in [0.717, 1.165) is 64.7 Å². The highest BCUT2D eigenvalue weighted by Crippen LogP contribution is 2.57. The Balaban J connectivity index is 1.10. The molecule has 90 heavy (non-hydrogen) atoms. The van der Waals surface area contributed by atoms with Gasteiger partial charge in [-0.05, 0) is 232 Å². The van der Waals surface area contributed by atoms with Crippen molar-refractivity contribution in [3.8, 4) is 11.1 Å². The molecule has 3 heterocycles. The van der Waals surface area contributed by atoms with Gasteiger partial charge in [0, 0.05) is 56.3 Å². The van der Waals surface area contributed by atoms with Crippen LogP contribution in [0.15, 0.2) is 168 Å². The van der Waals surface area contributed by atoms with Crippen molar-refractivity contribution in [2.24, 2.45) is 0 Å². The van der Waals surface area contributed by atoms with Crippen molar-refractivity contribution in [1.29, 1.82) is 0 Å². The van der Waals surface area contributed by atoms with Crippen molar-refractivity contribution in [2.75, 3.05) is 14.7 Å². The number of para-hydroxylation sites is 1. The molecule has 0 spiro atoms. The fourth-order valence-electron chi connectivity index (χ4n) is 18.0. The van der Waals surface area contributed by atoms with Crippen LogP contribution >= 0.6 is 0 Å². The van der Waals surface area contributed by atoms with Crippen LogP contribution in [0.3, 0.4) is 0 Å². The minimum atomic E-state index is -0.131. The Morgan fingerprint density at radius 2 is 0.922 bits per heavy atom. The molecule has 5 aliphatic rings. The molecule has 3 aliphatic carbocycles. The standard InChI is InChI=1S/C85H92BN3O/c1-51-41-62-66(85(18,19)50-83(62,14)15)47-70(51)89-69-38-27-52(59-24-22-26-75-76(59)60-23-20-21-25-74(60)90-75)42-67(69)86-68-46-64-65(81(10,11)40-39-80(64,8)9)48-71(68)88(57-36-37-61-63(43-57)84(16,17)49-82(61,12)13)72-44-58(45-73(89)77(72)86)87(55-32-28-53(29-33-55)78(2,3)4)56-34-30-54(31-35-56)79(5,6)7/h20-38,41-48H,39-40,49-50H2,1-19H3. The molecule has 0 bridgehead atoms. The van der Waals surface area contributed by atoms with Gasteiger partial charge in [-0.1, -0.05) is 210 Å². The molecule has 0 unspecified atom stereocenters. The van der Waals surface area contributed by atoms with Gasteiger partial charge in [-0.25, -0.2) is 0 Å². The molecule has 1 aromatic heterocycles. The fourth-order valence-corrected chi connectivity index (χ4v) is 18.0. The second-order valence-corrected chi connectivity index (χ2v) is 34.0. The van der Waals surface area contributed by atoms with E-state index < -0.39 is 0 Å². The van der Waals surface area contributed by atoms with Crippen LogP contribution < -0.4 is 31.1 Å². The lowest BCUT2D eigenvalue weighted by Crippen LogP contribution is -2.62. The van der Waals surface area contributed by atoms with E-state index in [1.54, 1.807) is 0 Å². The molecule has 0 saturated heterocycles. The maximum absolute atomic E-state index is 6.66. The maximum atomic E-state index is 6.66. The summed E-state index contributed by atoms with van der Waals surface area (Å²) in [5.74, 6) is 0. The van der Waals surface area contributed by atoms with Crippen LogP contribution in [-0.2, 0) is 43.3 Å². The van der Waals surface area contributed by atoms with E-state index in [2.05, 4.69) is 310 Å². The highest BCUT2D eigenvalue weighted by Gasteiger charge is 2.50. The van der Waals surface area contributed by atoms with Crippen LogP contribution in [0.5, 0.6) is 0 Å². The number of hydrogen-bond acceptors (Lipinski definition) is 4. The minimum Gasteiger partial charge on any atom is -0.456 e. The van der Waals surface area contributed by atoms with Crippen molar-refractivity contribution < 1.29 is 4.42 Å². The van der Waals surface area contributed by atoms with Gasteiger partial charge in [0.15, 0.2) is 0 Å². The number of rotatable bonds is 6. The molecule has 0 fully saturated rings. The minimum absolute atomic E-state index is 0.0106. The third-order valence-corrected chi connectivity index (χ3v) is 22.5. The van der Waals surface area contributed by atoms with Gasteiger partial charge in [0.2, 0.25) is 0 Å². The lowest BCUT2D eigenvalue weighted by atomic mass is 9.33. The quantitative estimate of drug-likeness (QED) is 0.155. The third-order valence-electron chi connectivity index (χ3n) is 22.5. The lowest BCUT2D eigenvalue weighted by molar-refractivity contribution is 0.332. The normalized spacial score (nSPS) is 18.5. The summed E-state index contributed by atoms with van der Waals surface area (Å²) in [6, 6.07) is 64.9. The lowest BCUT2D eigenvalue weighted by Gasteiger charge is -2.48. The van der Waals surface area contributed by atoms with Crippen LogP contribution in [-0.4, -0.2) is 6.71 Å². The average molecular weight is 1180 g/mol. The van der Waals surface area contributed by atoms with Gasteiger partial charge in [0.25, 0.3) is 6.71 Å². The van der Waals surface area contributed by atoms with Crippen LogP contribution in [0.4, 0.5) is 51.2 Å². The van der Waals surface area contributed by atoms with E-state index in [1.807, 2.05) is 0 Å². The first kappa shape index (κ1) is 58.6. The highest BCUT2D eigenvalue weighted by molar-refractivity contribution is 7.00. The number of aryl methyl sites for hydroxylation is 1. The highest BCUT2D eigenvalue weighted by atomic mass is 16.3. The first-order valence-corrected chi connectivity index (χ1v) is 33.6. The summed E-state index contributed by atoms with van der Waals surface area (Å²) in [7, 11) is 0. The monoisotopic (exact) mass is 1180 g/mol. The zero-order valence-corrected chi connectivity index (χ0v) is 57.2. The molecular formula is C85H92BN3O. The second-order valence-electron chi connectivity index (χ2n) is 34.0. The summed E-state index contributed by atoms with van der Waals surface area (Å²) in [6.45, 7) is 45.9. The zero-order chi connectivity index (χ0) is 63.5. The average Bonchev–Trinajstić information content (AvgIpc) is 0.841. The summed E-state index contributed by atoms with van der Waals surface area (Å²) in [5, 5.41) is 2.30. The Morgan fingerprint density at radius 3 is 1.53 bits per heavy atom. The van der Waals surface area contributed by atoms with Crippen molar-refractivity contribution >= 4 is 96.2 Å². The van der Waals surface area contributed by atoms with Crippen LogP contribution in [0.2, 0.25) is 0 Å². The smallest absolute Gasteiger partial charge is 0.252 e. The molecule has 0 saturated carbocycles. The summed E-state index contributed by atoms with van der Waals surface area (Å²) < 4.78 is 6.66. The van der Waals surface area contributed by atoms with Gasteiger partial charge >= 0.3 is 0 Å². The summed E-state index contributed by atoms with van der Waals surface area (Å²) in [5.41, 5.74) is 31.6. The summed E-state index contributed by atoms with van der Waals surface area (Å²) in [4.78, 5) is 8.01.